The average Bonchev–Trinajstić information content (AvgIpc) is 2.61. The highest BCUT2D eigenvalue weighted by molar-refractivity contribution is 7.85. The van der Waals surface area contributed by atoms with Crippen LogP contribution in [-0.4, -0.2) is 13.0 Å². The number of benzene rings is 2. The molecule has 160 valence electrons. The van der Waals surface area contributed by atoms with E-state index in [0.717, 1.165) is 11.8 Å². The molecule has 2 aromatic carbocycles. The van der Waals surface area contributed by atoms with Crippen molar-refractivity contribution >= 4 is 10.1 Å². The van der Waals surface area contributed by atoms with Crippen LogP contribution in [0.3, 0.4) is 0 Å². The van der Waals surface area contributed by atoms with Gasteiger partial charge in [0.2, 0.25) is 0 Å². The van der Waals surface area contributed by atoms with Crippen molar-refractivity contribution in [3.8, 4) is 11.5 Å². The van der Waals surface area contributed by atoms with Crippen molar-refractivity contribution in [1.82, 2.24) is 0 Å². The Kier molecular flexibility index (Phi) is 8.29. The summed E-state index contributed by atoms with van der Waals surface area (Å²) < 4.78 is 37.0. The molecule has 4 nitrogen and oxygen atoms in total. The normalized spacial score (nSPS) is 15.1. The van der Waals surface area contributed by atoms with Crippen LogP contribution in [0.25, 0.3) is 0 Å². The molecule has 0 spiro atoms. The molecule has 0 aliphatic heterocycles. The summed E-state index contributed by atoms with van der Waals surface area (Å²) in [5.74, 6) is 3.91. The van der Waals surface area contributed by atoms with Gasteiger partial charge in [0.25, 0.3) is 10.1 Å². The van der Waals surface area contributed by atoms with Crippen LogP contribution >= 0.6 is 0 Å². The zero-order valence-corrected chi connectivity index (χ0v) is 18.9. The average molecular weight is 419 g/mol. The van der Waals surface area contributed by atoms with E-state index in [9.17, 15) is 8.42 Å². The third kappa shape index (κ3) is 7.82. The van der Waals surface area contributed by atoms with Gasteiger partial charge >= 0.3 is 0 Å². The van der Waals surface area contributed by atoms with Gasteiger partial charge in [-0.3, -0.25) is 4.55 Å². The smallest absolute Gasteiger partial charge is 0.294 e. The largest absolute Gasteiger partial charge is 0.457 e. The van der Waals surface area contributed by atoms with E-state index in [4.69, 9.17) is 9.29 Å². The van der Waals surface area contributed by atoms with E-state index in [1.54, 1.807) is 0 Å². The number of hydrogen-bond donors (Lipinski definition) is 1. The Morgan fingerprint density at radius 2 is 1.24 bits per heavy atom. The van der Waals surface area contributed by atoms with Crippen molar-refractivity contribution in [2.24, 2.45) is 17.8 Å². The Morgan fingerprint density at radius 1 is 0.759 bits per heavy atom. The topological polar surface area (TPSA) is 63.6 Å². The van der Waals surface area contributed by atoms with Gasteiger partial charge in [0.1, 0.15) is 11.5 Å². The van der Waals surface area contributed by atoms with Crippen LogP contribution in [0.5, 0.6) is 11.5 Å². The van der Waals surface area contributed by atoms with E-state index >= 15 is 0 Å². The Labute approximate surface area is 176 Å². The van der Waals surface area contributed by atoms with Crippen molar-refractivity contribution in [3.05, 3.63) is 54.1 Å². The van der Waals surface area contributed by atoms with E-state index in [2.05, 4.69) is 46.8 Å². The molecule has 0 aromatic heterocycles. The second-order valence-corrected chi connectivity index (χ2v) is 10.3. The molecule has 0 aliphatic rings. The van der Waals surface area contributed by atoms with E-state index in [1.165, 1.54) is 49.1 Å². The number of rotatable bonds is 10. The third-order valence-corrected chi connectivity index (χ3v) is 6.11. The summed E-state index contributed by atoms with van der Waals surface area (Å²) >= 11 is 0. The van der Waals surface area contributed by atoms with Crippen LogP contribution in [-0.2, 0) is 10.1 Å². The first-order chi connectivity index (χ1) is 13.5. The van der Waals surface area contributed by atoms with Crippen molar-refractivity contribution < 1.29 is 17.7 Å². The molecule has 3 atom stereocenters. The minimum atomic E-state index is -4.19. The summed E-state index contributed by atoms with van der Waals surface area (Å²) in [4.78, 5) is -0.147. The highest BCUT2D eigenvalue weighted by Gasteiger charge is 2.15. The van der Waals surface area contributed by atoms with Crippen molar-refractivity contribution in [2.45, 2.75) is 64.7 Å². The van der Waals surface area contributed by atoms with Crippen LogP contribution in [0.4, 0.5) is 0 Å². The molecule has 2 aromatic rings. The van der Waals surface area contributed by atoms with Gasteiger partial charge in [-0.25, -0.2) is 0 Å². The van der Waals surface area contributed by atoms with E-state index in [-0.39, 0.29) is 4.90 Å². The summed E-state index contributed by atoms with van der Waals surface area (Å²) in [5.41, 5.74) is 1.29. The summed E-state index contributed by atoms with van der Waals surface area (Å²) in [6.45, 7) is 11.6. The predicted octanol–water partition coefficient (Wildman–Crippen LogP) is 6.93. The SMILES string of the molecule is CC(C)CC(C)CC(C)CC(C)c1ccc(Oc2ccc(S(=O)(=O)O)cc2)cc1. The van der Waals surface area contributed by atoms with Crippen molar-refractivity contribution in [2.75, 3.05) is 0 Å². The first-order valence-corrected chi connectivity index (χ1v) is 11.8. The minimum Gasteiger partial charge on any atom is -0.457 e. The van der Waals surface area contributed by atoms with Gasteiger partial charge in [0, 0.05) is 0 Å². The second kappa shape index (κ2) is 10.3. The fourth-order valence-corrected chi connectivity index (χ4v) is 4.58. The van der Waals surface area contributed by atoms with Crippen molar-refractivity contribution in [1.29, 1.82) is 0 Å². The lowest BCUT2D eigenvalue weighted by Crippen LogP contribution is -2.09. The molecule has 0 heterocycles. The molecule has 0 radical (unpaired) electrons. The molecular weight excluding hydrogens is 384 g/mol. The molecular formula is C24H34O4S. The van der Waals surface area contributed by atoms with E-state index < -0.39 is 10.1 Å². The van der Waals surface area contributed by atoms with Gasteiger partial charge in [0.05, 0.1) is 4.90 Å². The molecule has 0 amide bonds. The molecule has 5 heteroatoms. The Hall–Kier alpha value is -1.85. The third-order valence-electron chi connectivity index (χ3n) is 5.24. The molecule has 0 bridgehead atoms. The predicted molar refractivity (Wildman–Crippen MR) is 118 cm³/mol. The fourth-order valence-electron chi connectivity index (χ4n) is 4.10. The zero-order chi connectivity index (χ0) is 21.6. The lowest BCUT2D eigenvalue weighted by molar-refractivity contribution is 0.333. The van der Waals surface area contributed by atoms with Crippen LogP contribution in [0.2, 0.25) is 0 Å². The first kappa shape index (κ1) is 23.4. The van der Waals surface area contributed by atoms with Crippen LogP contribution < -0.4 is 4.74 Å². The molecule has 0 aliphatic carbocycles. The lowest BCUT2D eigenvalue weighted by Gasteiger charge is -2.22. The quantitative estimate of drug-likeness (QED) is 0.425. The van der Waals surface area contributed by atoms with Crippen LogP contribution in [0.1, 0.15) is 65.4 Å². The molecule has 0 saturated heterocycles. The van der Waals surface area contributed by atoms with Crippen molar-refractivity contribution in [3.63, 3.8) is 0 Å². The Morgan fingerprint density at radius 3 is 1.72 bits per heavy atom. The maximum Gasteiger partial charge on any atom is 0.294 e. The summed E-state index contributed by atoms with van der Waals surface area (Å²) in [6.07, 6.45) is 3.72. The maximum absolute atomic E-state index is 11.1. The van der Waals surface area contributed by atoms with Gasteiger partial charge in [0.15, 0.2) is 0 Å². The number of ether oxygens (including phenoxy) is 1. The highest BCUT2D eigenvalue weighted by Crippen LogP contribution is 2.30. The summed E-state index contributed by atoms with van der Waals surface area (Å²) in [5, 5.41) is 0. The van der Waals surface area contributed by atoms with Gasteiger partial charge < -0.3 is 4.74 Å². The summed E-state index contributed by atoms with van der Waals surface area (Å²) in [7, 11) is -4.19. The van der Waals surface area contributed by atoms with Crippen LogP contribution in [0, 0.1) is 17.8 Å². The zero-order valence-electron chi connectivity index (χ0n) is 18.1. The van der Waals surface area contributed by atoms with E-state index in [1.807, 2.05) is 12.1 Å². The van der Waals surface area contributed by atoms with Gasteiger partial charge in [-0.15, -0.1) is 0 Å². The standard InChI is InChI=1S/C24H34O4S/c1-17(2)14-18(3)15-19(4)16-20(5)21-6-8-22(9-7-21)28-23-10-12-24(13-11-23)29(25,26)27/h6-13,17-20H,14-16H2,1-5H3,(H,25,26,27). The molecule has 2 rings (SSSR count). The fraction of sp³-hybridized carbons (Fsp3) is 0.500. The molecule has 0 fully saturated rings. The summed E-state index contributed by atoms with van der Waals surface area (Å²) in [6, 6.07) is 13.8. The van der Waals surface area contributed by atoms with Crippen LogP contribution in [0.15, 0.2) is 53.4 Å². The highest BCUT2D eigenvalue weighted by atomic mass is 32.2. The molecule has 29 heavy (non-hydrogen) atoms. The van der Waals surface area contributed by atoms with E-state index in [0.29, 0.717) is 23.3 Å². The van der Waals surface area contributed by atoms with Gasteiger partial charge in [-0.2, -0.15) is 8.42 Å². The second-order valence-electron chi connectivity index (χ2n) is 8.83. The first-order valence-electron chi connectivity index (χ1n) is 10.4. The Balaban J connectivity index is 1.92. The molecule has 1 N–H and O–H groups in total. The molecule has 3 unspecified atom stereocenters. The van der Waals surface area contributed by atoms with Gasteiger partial charge in [-0.05, 0) is 84.9 Å². The maximum atomic E-state index is 11.1. The number of hydrogen-bond acceptors (Lipinski definition) is 3. The monoisotopic (exact) mass is 418 g/mol. The Bertz CT molecular complexity index is 855. The minimum absolute atomic E-state index is 0.147. The van der Waals surface area contributed by atoms with Gasteiger partial charge in [-0.1, -0.05) is 46.8 Å². The molecule has 0 saturated carbocycles. The lowest BCUT2D eigenvalue weighted by atomic mass is 9.84.